The van der Waals surface area contributed by atoms with Crippen molar-refractivity contribution in [1.82, 2.24) is 0 Å². The molecule has 1 N–H and O–H groups in total. The van der Waals surface area contributed by atoms with Gasteiger partial charge in [-0.3, -0.25) is 4.79 Å². The first-order chi connectivity index (χ1) is 14.9. The molecule has 0 spiro atoms. The lowest BCUT2D eigenvalue weighted by atomic mass is 10.1. The summed E-state index contributed by atoms with van der Waals surface area (Å²) in [4.78, 5) is 12.4. The molecule has 0 unspecified atom stereocenters. The average Bonchev–Trinajstić information content (AvgIpc) is 2.73. The van der Waals surface area contributed by atoms with E-state index in [2.05, 4.69) is 21.2 Å². The number of ether oxygens (including phenoxy) is 1. The molecular weight excluding hydrogens is 483 g/mol. The molecule has 7 heteroatoms. The van der Waals surface area contributed by atoms with Gasteiger partial charge in [0, 0.05) is 0 Å². The summed E-state index contributed by atoms with van der Waals surface area (Å²) in [5.41, 5.74) is 2.44. The van der Waals surface area contributed by atoms with Crippen LogP contribution < -0.4 is 10.1 Å². The third kappa shape index (κ3) is 5.94. The van der Waals surface area contributed by atoms with Gasteiger partial charge in [-0.1, -0.05) is 53.6 Å². The van der Waals surface area contributed by atoms with Gasteiger partial charge in [0.2, 0.25) is 0 Å². The van der Waals surface area contributed by atoms with Crippen LogP contribution in [0, 0.1) is 24.1 Å². The van der Waals surface area contributed by atoms with Gasteiger partial charge in [-0.05, 0) is 64.3 Å². The third-order valence-corrected chi connectivity index (χ3v) is 5.15. The zero-order valence-electron chi connectivity index (χ0n) is 16.5. The van der Waals surface area contributed by atoms with Crippen LogP contribution in [0.2, 0.25) is 5.02 Å². The molecule has 0 aliphatic heterocycles. The Bertz CT molecular complexity index is 1180. The number of para-hydroxylation sites is 1. The minimum absolute atomic E-state index is 0.00670. The van der Waals surface area contributed by atoms with Crippen LogP contribution in [0.25, 0.3) is 6.08 Å². The van der Waals surface area contributed by atoms with Gasteiger partial charge in [0.15, 0.2) is 5.75 Å². The van der Waals surface area contributed by atoms with Crippen LogP contribution in [0.15, 0.2) is 70.7 Å². The number of carbonyl (C=O) groups excluding carboxylic acids is 1. The number of benzene rings is 3. The van der Waals surface area contributed by atoms with Crippen molar-refractivity contribution in [2.75, 3.05) is 5.32 Å². The molecule has 0 saturated heterocycles. The van der Waals surface area contributed by atoms with E-state index in [1.165, 1.54) is 24.3 Å². The maximum absolute atomic E-state index is 13.8. The number of amides is 1. The molecule has 0 aliphatic carbocycles. The van der Waals surface area contributed by atoms with Crippen molar-refractivity contribution >= 4 is 45.2 Å². The van der Waals surface area contributed by atoms with Gasteiger partial charge in [-0.15, -0.1) is 0 Å². The Labute approximate surface area is 193 Å². The van der Waals surface area contributed by atoms with Crippen molar-refractivity contribution in [2.45, 2.75) is 13.5 Å². The van der Waals surface area contributed by atoms with Gasteiger partial charge in [-0.2, -0.15) is 5.26 Å². The van der Waals surface area contributed by atoms with Gasteiger partial charge in [-0.25, -0.2) is 4.39 Å². The Morgan fingerprint density at radius 3 is 2.68 bits per heavy atom. The summed E-state index contributed by atoms with van der Waals surface area (Å²) in [7, 11) is 0. The second-order valence-electron chi connectivity index (χ2n) is 6.70. The van der Waals surface area contributed by atoms with Crippen molar-refractivity contribution < 1.29 is 13.9 Å². The van der Waals surface area contributed by atoms with Crippen molar-refractivity contribution in [3.05, 3.63) is 98.2 Å². The standard InChI is InChI=1S/C24H17BrClFN2O2/c1-15-5-4-6-16(9-15)14-31-23-19(25)11-17(12-20(23)26)10-18(13-28)24(30)29-22-8-3-2-7-21(22)27/h2-12H,14H2,1H3,(H,29,30)/b18-10-. The molecule has 1 amide bonds. The lowest BCUT2D eigenvalue weighted by Crippen LogP contribution is -2.14. The van der Waals surface area contributed by atoms with Crippen LogP contribution in [0.1, 0.15) is 16.7 Å². The van der Waals surface area contributed by atoms with E-state index in [0.29, 0.717) is 27.4 Å². The number of hydrogen-bond acceptors (Lipinski definition) is 3. The zero-order valence-corrected chi connectivity index (χ0v) is 18.8. The summed E-state index contributed by atoms with van der Waals surface area (Å²) >= 11 is 9.80. The molecular formula is C24H17BrClFN2O2. The zero-order chi connectivity index (χ0) is 22.4. The molecule has 0 heterocycles. The third-order valence-electron chi connectivity index (χ3n) is 4.28. The molecule has 3 aromatic rings. The topological polar surface area (TPSA) is 62.1 Å². The minimum atomic E-state index is -0.723. The monoisotopic (exact) mass is 498 g/mol. The number of nitriles is 1. The summed E-state index contributed by atoms with van der Waals surface area (Å²) in [5, 5.41) is 12.1. The second-order valence-corrected chi connectivity index (χ2v) is 7.96. The van der Waals surface area contributed by atoms with Crippen LogP contribution in [0.4, 0.5) is 10.1 Å². The van der Waals surface area contributed by atoms with E-state index >= 15 is 0 Å². The summed E-state index contributed by atoms with van der Waals surface area (Å²) in [5.74, 6) is -0.858. The number of anilines is 1. The maximum Gasteiger partial charge on any atom is 0.266 e. The second kappa shape index (κ2) is 10.3. The summed E-state index contributed by atoms with van der Waals surface area (Å²) < 4.78 is 20.2. The number of halogens is 3. The molecule has 0 atom stereocenters. The van der Waals surface area contributed by atoms with Gasteiger partial charge in [0.05, 0.1) is 15.2 Å². The fourth-order valence-electron chi connectivity index (χ4n) is 2.83. The molecule has 0 fully saturated rings. The van der Waals surface area contributed by atoms with Crippen LogP contribution in [-0.2, 0) is 11.4 Å². The van der Waals surface area contributed by atoms with Crippen LogP contribution in [0.3, 0.4) is 0 Å². The highest BCUT2D eigenvalue weighted by Crippen LogP contribution is 2.35. The summed E-state index contributed by atoms with van der Waals surface area (Å²) in [6.45, 7) is 2.34. The van der Waals surface area contributed by atoms with Crippen molar-refractivity contribution in [2.24, 2.45) is 0 Å². The van der Waals surface area contributed by atoms with E-state index in [1.54, 1.807) is 18.2 Å². The van der Waals surface area contributed by atoms with E-state index in [-0.39, 0.29) is 11.3 Å². The Kier molecular flexibility index (Phi) is 7.45. The Morgan fingerprint density at radius 2 is 2.00 bits per heavy atom. The minimum Gasteiger partial charge on any atom is -0.486 e. The molecule has 3 rings (SSSR count). The number of rotatable bonds is 6. The van der Waals surface area contributed by atoms with E-state index in [9.17, 15) is 14.4 Å². The van der Waals surface area contributed by atoms with Crippen molar-refractivity contribution in [3.8, 4) is 11.8 Å². The lowest BCUT2D eigenvalue weighted by Gasteiger charge is -2.12. The smallest absolute Gasteiger partial charge is 0.266 e. The van der Waals surface area contributed by atoms with Gasteiger partial charge in [0.1, 0.15) is 24.1 Å². The van der Waals surface area contributed by atoms with Crippen molar-refractivity contribution in [3.63, 3.8) is 0 Å². The number of aryl methyl sites for hydroxylation is 1. The highest BCUT2D eigenvalue weighted by Gasteiger charge is 2.14. The fraction of sp³-hybridized carbons (Fsp3) is 0.0833. The Morgan fingerprint density at radius 1 is 1.23 bits per heavy atom. The highest BCUT2D eigenvalue weighted by atomic mass is 79.9. The number of carbonyl (C=O) groups is 1. The summed E-state index contributed by atoms with van der Waals surface area (Å²) in [6.07, 6.45) is 1.37. The van der Waals surface area contributed by atoms with Crippen LogP contribution in [0.5, 0.6) is 5.75 Å². The predicted molar refractivity (Wildman–Crippen MR) is 123 cm³/mol. The van der Waals surface area contributed by atoms with E-state index < -0.39 is 11.7 Å². The van der Waals surface area contributed by atoms with E-state index in [0.717, 1.165) is 11.1 Å². The molecule has 3 aromatic carbocycles. The van der Waals surface area contributed by atoms with Gasteiger partial charge < -0.3 is 10.1 Å². The summed E-state index contributed by atoms with van der Waals surface area (Å²) in [6, 6.07) is 18.8. The van der Waals surface area contributed by atoms with E-state index in [4.69, 9.17) is 16.3 Å². The van der Waals surface area contributed by atoms with Crippen LogP contribution in [-0.4, -0.2) is 5.91 Å². The Balaban J connectivity index is 1.78. The molecule has 0 radical (unpaired) electrons. The lowest BCUT2D eigenvalue weighted by molar-refractivity contribution is -0.112. The highest BCUT2D eigenvalue weighted by molar-refractivity contribution is 9.10. The van der Waals surface area contributed by atoms with Crippen LogP contribution >= 0.6 is 27.5 Å². The molecule has 4 nitrogen and oxygen atoms in total. The first kappa shape index (κ1) is 22.5. The quantitative estimate of drug-likeness (QED) is 0.304. The molecule has 0 aromatic heterocycles. The van der Waals surface area contributed by atoms with E-state index in [1.807, 2.05) is 37.3 Å². The first-order valence-electron chi connectivity index (χ1n) is 9.22. The van der Waals surface area contributed by atoms with Crippen molar-refractivity contribution in [1.29, 1.82) is 5.26 Å². The SMILES string of the molecule is Cc1cccc(COc2c(Cl)cc(/C=C(/C#N)C(=O)Nc3ccccc3F)cc2Br)c1. The first-order valence-corrected chi connectivity index (χ1v) is 10.4. The molecule has 0 saturated carbocycles. The van der Waals surface area contributed by atoms with Gasteiger partial charge in [0.25, 0.3) is 5.91 Å². The molecule has 156 valence electrons. The number of hydrogen-bond donors (Lipinski definition) is 1. The van der Waals surface area contributed by atoms with Gasteiger partial charge >= 0.3 is 0 Å². The molecule has 0 aliphatic rings. The number of nitrogens with zero attached hydrogens (tertiary/aromatic N) is 1. The largest absolute Gasteiger partial charge is 0.486 e. The normalized spacial score (nSPS) is 11.0. The fourth-order valence-corrected chi connectivity index (χ4v) is 3.81. The number of nitrogens with one attached hydrogen (secondary N) is 1. The maximum atomic E-state index is 13.8. The Hall–Kier alpha value is -3.14. The molecule has 0 bridgehead atoms. The predicted octanol–water partition coefficient (Wildman–Crippen LogP) is 6.67. The average molecular weight is 500 g/mol. The molecule has 31 heavy (non-hydrogen) atoms.